The van der Waals surface area contributed by atoms with Gasteiger partial charge in [0.1, 0.15) is 11.6 Å². The van der Waals surface area contributed by atoms with Crippen LogP contribution in [0.1, 0.15) is 10.4 Å². The number of carbonyl (C=O) groups is 1. The summed E-state index contributed by atoms with van der Waals surface area (Å²) in [6.45, 7) is 0. The molecule has 2 aromatic rings. The molecule has 0 radical (unpaired) electrons. The summed E-state index contributed by atoms with van der Waals surface area (Å²) in [6, 6.07) is 7.78. The zero-order valence-electron chi connectivity index (χ0n) is 8.95. The van der Waals surface area contributed by atoms with Crippen molar-refractivity contribution in [2.45, 2.75) is 0 Å². The van der Waals surface area contributed by atoms with Gasteiger partial charge in [-0.1, -0.05) is 12.1 Å². The van der Waals surface area contributed by atoms with E-state index in [1.165, 1.54) is 18.2 Å². The van der Waals surface area contributed by atoms with Crippen molar-refractivity contribution in [1.29, 1.82) is 0 Å². The Morgan fingerprint density at radius 2 is 1.89 bits per heavy atom. The molecule has 92 valence electrons. The minimum absolute atomic E-state index is 0.145. The minimum Gasteiger partial charge on any atom is -0.478 e. The fourth-order valence-corrected chi connectivity index (χ4v) is 1.96. The first-order valence-electron chi connectivity index (χ1n) is 4.97. The normalized spacial score (nSPS) is 10.4. The Labute approximate surface area is 110 Å². The van der Waals surface area contributed by atoms with Crippen LogP contribution in [-0.2, 0) is 0 Å². The van der Waals surface area contributed by atoms with Crippen LogP contribution in [0.4, 0.5) is 8.78 Å². The monoisotopic (exact) mass is 312 g/mol. The molecule has 0 atom stereocenters. The van der Waals surface area contributed by atoms with Crippen LogP contribution in [0, 0.1) is 11.6 Å². The highest BCUT2D eigenvalue weighted by Crippen LogP contribution is 2.29. The summed E-state index contributed by atoms with van der Waals surface area (Å²) in [4.78, 5) is 10.8. The van der Waals surface area contributed by atoms with Crippen LogP contribution in [0.2, 0.25) is 0 Å². The fourth-order valence-electron chi connectivity index (χ4n) is 1.60. The van der Waals surface area contributed by atoms with Gasteiger partial charge in [-0.05, 0) is 45.8 Å². The molecule has 0 aliphatic carbocycles. The molecule has 18 heavy (non-hydrogen) atoms. The summed E-state index contributed by atoms with van der Waals surface area (Å²) < 4.78 is 27.4. The Bertz CT molecular complexity index is 626. The van der Waals surface area contributed by atoms with Gasteiger partial charge >= 0.3 is 5.97 Å². The molecule has 2 aromatic carbocycles. The van der Waals surface area contributed by atoms with Gasteiger partial charge in [-0.3, -0.25) is 0 Å². The Kier molecular flexibility index (Phi) is 3.43. The number of carboxylic acids is 1. The molecule has 1 N–H and O–H groups in total. The van der Waals surface area contributed by atoms with Crippen molar-refractivity contribution in [3.63, 3.8) is 0 Å². The number of aromatic carboxylic acids is 1. The van der Waals surface area contributed by atoms with Gasteiger partial charge in [-0.25, -0.2) is 13.6 Å². The van der Waals surface area contributed by atoms with Gasteiger partial charge < -0.3 is 5.11 Å². The molecule has 0 saturated heterocycles. The summed E-state index contributed by atoms with van der Waals surface area (Å²) in [7, 11) is 0. The highest BCUT2D eigenvalue weighted by Gasteiger charge is 2.12. The van der Waals surface area contributed by atoms with Crippen molar-refractivity contribution in [3.05, 3.63) is 58.1 Å². The fraction of sp³-hybridized carbons (Fsp3) is 0. The van der Waals surface area contributed by atoms with E-state index in [0.717, 1.165) is 12.1 Å². The molecule has 0 unspecified atom stereocenters. The third-order valence-electron chi connectivity index (χ3n) is 2.41. The number of carboxylic acid groups (broad SMARTS) is 1. The second-order valence-electron chi connectivity index (χ2n) is 3.64. The van der Waals surface area contributed by atoms with E-state index in [9.17, 15) is 13.6 Å². The quantitative estimate of drug-likeness (QED) is 0.906. The summed E-state index contributed by atoms with van der Waals surface area (Å²) in [6.07, 6.45) is 0. The smallest absolute Gasteiger partial charge is 0.335 e. The predicted molar refractivity (Wildman–Crippen MR) is 66.5 cm³/mol. The zero-order valence-corrected chi connectivity index (χ0v) is 10.5. The van der Waals surface area contributed by atoms with Crippen LogP contribution >= 0.6 is 15.9 Å². The average Bonchev–Trinajstić information content (AvgIpc) is 2.31. The Balaban J connectivity index is 2.64. The lowest BCUT2D eigenvalue weighted by molar-refractivity contribution is 0.0696. The highest BCUT2D eigenvalue weighted by atomic mass is 79.9. The lowest BCUT2D eigenvalue weighted by Gasteiger charge is -2.06. The number of halogens is 3. The van der Waals surface area contributed by atoms with Gasteiger partial charge in [0, 0.05) is 5.56 Å². The van der Waals surface area contributed by atoms with E-state index in [4.69, 9.17) is 5.11 Å². The first-order valence-corrected chi connectivity index (χ1v) is 5.76. The third kappa shape index (κ3) is 2.41. The second kappa shape index (κ2) is 4.86. The Morgan fingerprint density at radius 3 is 2.56 bits per heavy atom. The lowest BCUT2D eigenvalue weighted by Crippen LogP contribution is -1.98. The van der Waals surface area contributed by atoms with Crippen molar-refractivity contribution in [2.75, 3.05) is 0 Å². The molecule has 0 fully saturated rings. The van der Waals surface area contributed by atoms with Gasteiger partial charge in [0.25, 0.3) is 0 Å². The molecular formula is C13H7BrF2O2. The van der Waals surface area contributed by atoms with Crippen LogP contribution in [0.15, 0.2) is 40.9 Å². The van der Waals surface area contributed by atoms with Crippen LogP contribution in [-0.4, -0.2) is 11.1 Å². The molecule has 0 aromatic heterocycles. The molecule has 0 heterocycles. The first-order chi connectivity index (χ1) is 8.49. The Morgan fingerprint density at radius 1 is 1.17 bits per heavy atom. The summed E-state index contributed by atoms with van der Waals surface area (Å²) in [5.74, 6) is -2.53. The number of rotatable bonds is 2. The molecule has 0 amide bonds. The second-order valence-corrected chi connectivity index (χ2v) is 4.49. The maximum atomic E-state index is 13.8. The SMILES string of the molecule is O=C(O)c1cc(F)cc(-c2cccc(Br)c2F)c1. The first kappa shape index (κ1) is 12.7. The minimum atomic E-state index is -1.26. The molecule has 0 aliphatic heterocycles. The van der Waals surface area contributed by atoms with Gasteiger partial charge in [-0.15, -0.1) is 0 Å². The van der Waals surface area contributed by atoms with Crippen molar-refractivity contribution in [3.8, 4) is 11.1 Å². The predicted octanol–water partition coefficient (Wildman–Crippen LogP) is 4.09. The maximum absolute atomic E-state index is 13.8. The van der Waals surface area contributed by atoms with Gasteiger partial charge in [0.2, 0.25) is 0 Å². The largest absolute Gasteiger partial charge is 0.478 e. The van der Waals surface area contributed by atoms with Crippen LogP contribution < -0.4 is 0 Å². The van der Waals surface area contributed by atoms with E-state index >= 15 is 0 Å². The van der Waals surface area contributed by atoms with E-state index in [-0.39, 0.29) is 21.2 Å². The van der Waals surface area contributed by atoms with Gasteiger partial charge in [-0.2, -0.15) is 0 Å². The lowest BCUT2D eigenvalue weighted by atomic mass is 10.0. The Hall–Kier alpha value is -1.75. The molecule has 0 spiro atoms. The van der Waals surface area contributed by atoms with Crippen molar-refractivity contribution in [2.24, 2.45) is 0 Å². The van der Waals surface area contributed by atoms with Crippen molar-refractivity contribution >= 4 is 21.9 Å². The van der Waals surface area contributed by atoms with Crippen LogP contribution in [0.5, 0.6) is 0 Å². The number of benzene rings is 2. The van der Waals surface area contributed by atoms with E-state index in [1.54, 1.807) is 6.07 Å². The van der Waals surface area contributed by atoms with Gasteiger partial charge in [0.05, 0.1) is 10.0 Å². The van der Waals surface area contributed by atoms with E-state index in [2.05, 4.69) is 15.9 Å². The molecule has 2 rings (SSSR count). The molecular weight excluding hydrogens is 306 g/mol. The van der Waals surface area contributed by atoms with Crippen molar-refractivity contribution < 1.29 is 18.7 Å². The molecule has 2 nitrogen and oxygen atoms in total. The molecule has 0 bridgehead atoms. The van der Waals surface area contributed by atoms with E-state index in [1.807, 2.05) is 0 Å². The number of hydrogen-bond acceptors (Lipinski definition) is 1. The van der Waals surface area contributed by atoms with E-state index < -0.39 is 17.6 Å². The molecule has 0 aliphatic rings. The summed E-state index contributed by atoms with van der Waals surface area (Å²) >= 11 is 3.02. The zero-order chi connectivity index (χ0) is 13.3. The van der Waals surface area contributed by atoms with Crippen molar-refractivity contribution in [1.82, 2.24) is 0 Å². The number of hydrogen-bond donors (Lipinski definition) is 1. The highest BCUT2D eigenvalue weighted by molar-refractivity contribution is 9.10. The topological polar surface area (TPSA) is 37.3 Å². The third-order valence-corrected chi connectivity index (χ3v) is 3.02. The summed E-state index contributed by atoms with van der Waals surface area (Å²) in [5.41, 5.74) is 0.113. The average molecular weight is 313 g/mol. The standard InChI is InChI=1S/C13H7BrF2O2/c14-11-3-1-2-10(12(11)16)7-4-8(13(17)18)6-9(15)5-7/h1-6H,(H,17,18). The molecule has 0 saturated carbocycles. The van der Waals surface area contributed by atoms with Crippen LogP contribution in [0.25, 0.3) is 11.1 Å². The van der Waals surface area contributed by atoms with Gasteiger partial charge in [0.15, 0.2) is 0 Å². The molecule has 5 heteroatoms. The van der Waals surface area contributed by atoms with Crippen LogP contribution in [0.3, 0.4) is 0 Å². The van der Waals surface area contributed by atoms with E-state index in [0.29, 0.717) is 0 Å². The summed E-state index contributed by atoms with van der Waals surface area (Å²) in [5, 5.41) is 8.83. The maximum Gasteiger partial charge on any atom is 0.335 e.